The smallest absolute Gasteiger partial charge is 0.152 e. The van der Waals surface area contributed by atoms with Gasteiger partial charge in [0, 0.05) is 20.0 Å². The van der Waals surface area contributed by atoms with Crippen LogP contribution in [0.4, 0.5) is 5.82 Å². The number of fused-ring (bicyclic) bond motifs is 1. The first-order valence-electron chi connectivity index (χ1n) is 6.01. The first kappa shape index (κ1) is 12.0. The second kappa shape index (κ2) is 4.93. The van der Waals surface area contributed by atoms with Crippen LogP contribution in [0.1, 0.15) is 11.4 Å². The zero-order valence-electron chi connectivity index (χ0n) is 10.8. The van der Waals surface area contributed by atoms with Gasteiger partial charge in [-0.1, -0.05) is 0 Å². The maximum atomic E-state index is 4.30. The summed E-state index contributed by atoms with van der Waals surface area (Å²) in [5, 5.41) is 9.67. The minimum absolute atomic E-state index is 0.757. The SMILES string of the molecule is Cc1csc2c(NCCc3ncn(C)n3)ncnc12. The highest BCUT2D eigenvalue weighted by Gasteiger charge is 2.07. The third-order valence-electron chi connectivity index (χ3n) is 2.82. The second-order valence-corrected chi connectivity index (χ2v) is 5.21. The molecule has 98 valence electrons. The predicted molar refractivity (Wildman–Crippen MR) is 75.3 cm³/mol. The fourth-order valence-electron chi connectivity index (χ4n) is 1.89. The van der Waals surface area contributed by atoms with Crippen LogP contribution in [-0.2, 0) is 13.5 Å². The van der Waals surface area contributed by atoms with E-state index >= 15 is 0 Å². The molecule has 6 nitrogen and oxygen atoms in total. The van der Waals surface area contributed by atoms with Crippen molar-refractivity contribution in [1.82, 2.24) is 24.7 Å². The number of anilines is 1. The van der Waals surface area contributed by atoms with Gasteiger partial charge in [-0.2, -0.15) is 5.10 Å². The van der Waals surface area contributed by atoms with Crippen molar-refractivity contribution in [2.75, 3.05) is 11.9 Å². The summed E-state index contributed by atoms with van der Waals surface area (Å²) >= 11 is 1.67. The van der Waals surface area contributed by atoms with E-state index in [1.165, 1.54) is 5.56 Å². The Morgan fingerprint density at radius 1 is 1.32 bits per heavy atom. The molecule has 3 heterocycles. The number of hydrogen-bond donors (Lipinski definition) is 1. The molecule has 19 heavy (non-hydrogen) atoms. The summed E-state index contributed by atoms with van der Waals surface area (Å²) in [6.45, 7) is 2.82. The molecule has 0 saturated carbocycles. The van der Waals surface area contributed by atoms with E-state index in [1.807, 2.05) is 7.05 Å². The molecule has 0 aliphatic heterocycles. The number of hydrogen-bond acceptors (Lipinski definition) is 6. The summed E-state index contributed by atoms with van der Waals surface area (Å²) < 4.78 is 2.81. The molecule has 0 radical (unpaired) electrons. The normalized spacial score (nSPS) is 11.1. The summed E-state index contributed by atoms with van der Waals surface area (Å²) in [5.41, 5.74) is 2.22. The van der Waals surface area contributed by atoms with Gasteiger partial charge >= 0.3 is 0 Å². The van der Waals surface area contributed by atoms with Crippen LogP contribution in [0.3, 0.4) is 0 Å². The molecule has 7 heteroatoms. The zero-order chi connectivity index (χ0) is 13.2. The van der Waals surface area contributed by atoms with Crippen LogP contribution in [0.25, 0.3) is 10.2 Å². The fourth-order valence-corrected chi connectivity index (χ4v) is 2.85. The molecule has 0 saturated heterocycles. The molecule has 0 unspecified atom stereocenters. The molecular weight excluding hydrogens is 260 g/mol. The molecule has 3 aromatic heterocycles. The van der Waals surface area contributed by atoms with Gasteiger partial charge in [0.25, 0.3) is 0 Å². The Kier molecular flexibility index (Phi) is 3.12. The van der Waals surface area contributed by atoms with Gasteiger partial charge in [0.2, 0.25) is 0 Å². The maximum absolute atomic E-state index is 4.30. The summed E-state index contributed by atoms with van der Waals surface area (Å²) in [6, 6.07) is 0. The molecular formula is C12H14N6S. The van der Waals surface area contributed by atoms with Crippen LogP contribution in [-0.4, -0.2) is 31.3 Å². The average Bonchev–Trinajstić information content (AvgIpc) is 2.98. The number of nitrogens with one attached hydrogen (secondary N) is 1. The molecule has 0 aliphatic rings. The van der Waals surface area contributed by atoms with Gasteiger partial charge < -0.3 is 5.32 Å². The minimum atomic E-state index is 0.757. The van der Waals surface area contributed by atoms with Gasteiger partial charge in [0.15, 0.2) is 5.82 Å². The van der Waals surface area contributed by atoms with E-state index in [0.717, 1.165) is 34.8 Å². The van der Waals surface area contributed by atoms with Gasteiger partial charge in [-0.3, -0.25) is 4.68 Å². The maximum Gasteiger partial charge on any atom is 0.152 e. The van der Waals surface area contributed by atoms with E-state index in [0.29, 0.717) is 0 Å². The van der Waals surface area contributed by atoms with Crippen molar-refractivity contribution in [3.05, 3.63) is 29.4 Å². The lowest BCUT2D eigenvalue weighted by atomic mass is 10.3. The highest BCUT2D eigenvalue weighted by molar-refractivity contribution is 7.18. The molecule has 0 spiro atoms. The second-order valence-electron chi connectivity index (χ2n) is 4.33. The van der Waals surface area contributed by atoms with E-state index in [2.05, 4.69) is 37.7 Å². The Labute approximate surface area is 114 Å². The minimum Gasteiger partial charge on any atom is -0.368 e. The molecule has 1 N–H and O–H groups in total. The van der Waals surface area contributed by atoms with Crippen molar-refractivity contribution in [2.45, 2.75) is 13.3 Å². The highest BCUT2D eigenvalue weighted by atomic mass is 32.1. The molecule has 0 atom stereocenters. The van der Waals surface area contributed by atoms with Gasteiger partial charge in [-0.25, -0.2) is 15.0 Å². The van der Waals surface area contributed by atoms with Crippen molar-refractivity contribution in [3.63, 3.8) is 0 Å². The first-order chi connectivity index (χ1) is 9.24. The predicted octanol–water partition coefficient (Wildman–Crippen LogP) is 1.78. The van der Waals surface area contributed by atoms with E-state index in [1.54, 1.807) is 28.7 Å². The van der Waals surface area contributed by atoms with E-state index in [9.17, 15) is 0 Å². The average molecular weight is 274 g/mol. The Bertz CT molecular complexity index is 701. The van der Waals surface area contributed by atoms with Crippen molar-refractivity contribution >= 4 is 27.4 Å². The quantitative estimate of drug-likeness (QED) is 0.785. The number of aryl methyl sites for hydroxylation is 2. The Morgan fingerprint density at radius 3 is 3.00 bits per heavy atom. The third-order valence-corrected chi connectivity index (χ3v) is 3.91. The number of aromatic nitrogens is 5. The lowest BCUT2D eigenvalue weighted by Crippen LogP contribution is -2.08. The van der Waals surface area contributed by atoms with Gasteiger partial charge in [0.05, 0.1) is 10.2 Å². The number of rotatable bonds is 4. The Morgan fingerprint density at radius 2 is 2.21 bits per heavy atom. The number of nitrogens with zero attached hydrogens (tertiary/aromatic N) is 5. The van der Waals surface area contributed by atoms with Crippen molar-refractivity contribution in [3.8, 4) is 0 Å². The van der Waals surface area contributed by atoms with Crippen LogP contribution in [0.2, 0.25) is 0 Å². The molecule has 0 aromatic carbocycles. The summed E-state index contributed by atoms with van der Waals surface area (Å²) in [7, 11) is 1.87. The van der Waals surface area contributed by atoms with E-state index < -0.39 is 0 Å². The van der Waals surface area contributed by atoms with Crippen LogP contribution >= 0.6 is 11.3 Å². The summed E-state index contributed by atoms with van der Waals surface area (Å²) in [5.74, 6) is 1.72. The van der Waals surface area contributed by atoms with Crippen molar-refractivity contribution in [1.29, 1.82) is 0 Å². The van der Waals surface area contributed by atoms with Gasteiger partial charge in [-0.05, 0) is 17.9 Å². The Hall–Kier alpha value is -2.02. The van der Waals surface area contributed by atoms with Crippen LogP contribution in [0.5, 0.6) is 0 Å². The lowest BCUT2D eigenvalue weighted by molar-refractivity contribution is 0.742. The lowest BCUT2D eigenvalue weighted by Gasteiger charge is -2.04. The molecule has 3 rings (SSSR count). The third kappa shape index (κ3) is 2.41. The molecule has 0 bridgehead atoms. The summed E-state index contributed by atoms with van der Waals surface area (Å²) in [4.78, 5) is 12.8. The summed E-state index contributed by atoms with van der Waals surface area (Å²) in [6.07, 6.45) is 4.08. The molecule has 0 fully saturated rings. The molecule has 0 aliphatic carbocycles. The van der Waals surface area contributed by atoms with Gasteiger partial charge in [0.1, 0.15) is 18.5 Å². The standard InChI is InChI=1S/C12H14N6S/c1-8-5-19-11-10(8)14-6-15-12(11)13-4-3-9-16-7-18(2)17-9/h5-7H,3-4H2,1-2H3,(H,13,14,15). The van der Waals surface area contributed by atoms with E-state index in [-0.39, 0.29) is 0 Å². The van der Waals surface area contributed by atoms with Gasteiger partial charge in [-0.15, -0.1) is 11.3 Å². The van der Waals surface area contributed by atoms with Crippen LogP contribution in [0, 0.1) is 6.92 Å². The van der Waals surface area contributed by atoms with E-state index in [4.69, 9.17) is 0 Å². The number of thiophene rings is 1. The fraction of sp³-hybridized carbons (Fsp3) is 0.333. The monoisotopic (exact) mass is 274 g/mol. The van der Waals surface area contributed by atoms with Crippen LogP contribution in [0.15, 0.2) is 18.0 Å². The topological polar surface area (TPSA) is 68.5 Å². The zero-order valence-corrected chi connectivity index (χ0v) is 11.6. The largest absolute Gasteiger partial charge is 0.368 e. The van der Waals surface area contributed by atoms with Crippen LogP contribution < -0.4 is 5.32 Å². The molecule has 0 amide bonds. The van der Waals surface area contributed by atoms with Crippen molar-refractivity contribution in [2.24, 2.45) is 7.05 Å². The molecule has 3 aromatic rings. The van der Waals surface area contributed by atoms with Crippen molar-refractivity contribution < 1.29 is 0 Å². The Balaban J connectivity index is 1.71. The highest BCUT2D eigenvalue weighted by Crippen LogP contribution is 2.28. The first-order valence-corrected chi connectivity index (χ1v) is 6.89.